The van der Waals surface area contributed by atoms with E-state index < -0.39 is 5.97 Å². The van der Waals surface area contributed by atoms with Crippen molar-refractivity contribution in [3.05, 3.63) is 34.9 Å². The van der Waals surface area contributed by atoms with E-state index in [9.17, 15) is 9.90 Å². The molecule has 1 atom stereocenters. The summed E-state index contributed by atoms with van der Waals surface area (Å²) < 4.78 is 0. The Morgan fingerprint density at radius 3 is 1.48 bits per heavy atom. The monoisotopic (exact) mass is 402 g/mol. The molecule has 0 aliphatic heterocycles. The maximum atomic E-state index is 11.8. The Morgan fingerprint density at radius 1 is 0.724 bits per heavy atom. The third-order valence-corrected chi connectivity index (χ3v) is 6.29. The summed E-state index contributed by atoms with van der Waals surface area (Å²) in [6, 6.07) is 6.08. The Hall–Kier alpha value is -1.31. The highest BCUT2D eigenvalue weighted by Gasteiger charge is 2.22. The van der Waals surface area contributed by atoms with Crippen molar-refractivity contribution in [2.75, 3.05) is 0 Å². The highest BCUT2D eigenvalue weighted by atomic mass is 16.4. The fraction of sp³-hybridized carbons (Fsp3) is 0.741. The Balaban J connectivity index is 2.04. The Labute approximate surface area is 180 Å². The van der Waals surface area contributed by atoms with Gasteiger partial charge in [0, 0.05) is 0 Å². The molecule has 1 aromatic rings. The van der Waals surface area contributed by atoms with Crippen molar-refractivity contribution in [1.82, 2.24) is 0 Å². The average Bonchev–Trinajstić information content (AvgIpc) is 2.69. The van der Waals surface area contributed by atoms with Crippen molar-refractivity contribution in [1.29, 1.82) is 0 Å². The van der Waals surface area contributed by atoms with Gasteiger partial charge in [0.15, 0.2) is 0 Å². The van der Waals surface area contributed by atoms with Crippen molar-refractivity contribution in [2.45, 2.75) is 129 Å². The Bertz CT molecular complexity index is 529. The lowest BCUT2D eigenvalue weighted by atomic mass is 9.87. The van der Waals surface area contributed by atoms with Crippen molar-refractivity contribution in [3.63, 3.8) is 0 Å². The fourth-order valence-corrected chi connectivity index (χ4v) is 4.49. The number of aliphatic carboxylic acids is 1. The van der Waals surface area contributed by atoms with E-state index in [4.69, 9.17) is 0 Å². The first-order valence-corrected chi connectivity index (χ1v) is 12.4. The highest BCUT2D eigenvalue weighted by Crippen LogP contribution is 2.29. The SMILES string of the molecule is CCCCCCCCCCCCCCCCCC(C(=O)O)c1c(C)cccc1C. The van der Waals surface area contributed by atoms with E-state index in [1.807, 2.05) is 32.0 Å². The predicted molar refractivity (Wildman–Crippen MR) is 126 cm³/mol. The van der Waals surface area contributed by atoms with Gasteiger partial charge in [-0.05, 0) is 37.0 Å². The summed E-state index contributed by atoms with van der Waals surface area (Å²) in [6.45, 7) is 6.34. The van der Waals surface area contributed by atoms with Crippen LogP contribution in [0.5, 0.6) is 0 Å². The van der Waals surface area contributed by atoms with Crippen LogP contribution in [0.25, 0.3) is 0 Å². The molecule has 2 nitrogen and oxygen atoms in total. The normalized spacial score (nSPS) is 12.2. The molecule has 0 saturated heterocycles. The van der Waals surface area contributed by atoms with Gasteiger partial charge in [0.25, 0.3) is 0 Å². The minimum atomic E-state index is -0.673. The van der Waals surface area contributed by atoms with Crippen LogP contribution in [0.1, 0.15) is 132 Å². The Kier molecular flexibility index (Phi) is 14.6. The van der Waals surface area contributed by atoms with E-state index in [0.717, 1.165) is 36.0 Å². The second-order valence-corrected chi connectivity index (χ2v) is 8.93. The lowest BCUT2D eigenvalue weighted by Crippen LogP contribution is -2.14. The number of carbonyl (C=O) groups is 1. The summed E-state index contributed by atoms with van der Waals surface area (Å²) in [6.07, 6.45) is 20.9. The molecule has 1 N–H and O–H groups in total. The predicted octanol–water partition coefficient (Wildman–Crippen LogP) is 8.73. The van der Waals surface area contributed by atoms with Gasteiger partial charge < -0.3 is 5.11 Å². The summed E-state index contributed by atoms with van der Waals surface area (Å²) >= 11 is 0. The molecule has 166 valence electrons. The number of aryl methyl sites for hydroxylation is 2. The zero-order valence-electron chi connectivity index (χ0n) is 19.5. The van der Waals surface area contributed by atoms with Crippen LogP contribution >= 0.6 is 0 Å². The summed E-state index contributed by atoms with van der Waals surface area (Å²) in [7, 11) is 0. The van der Waals surface area contributed by atoms with E-state index in [2.05, 4.69) is 6.92 Å². The van der Waals surface area contributed by atoms with E-state index in [1.54, 1.807) is 0 Å². The first kappa shape index (κ1) is 25.7. The van der Waals surface area contributed by atoms with Crippen LogP contribution in [0.3, 0.4) is 0 Å². The van der Waals surface area contributed by atoms with Crippen LogP contribution in [0.4, 0.5) is 0 Å². The van der Waals surface area contributed by atoms with Gasteiger partial charge in [0.05, 0.1) is 5.92 Å². The summed E-state index contributed by atoms with van der Waals surface area (Å²) in [5.74, 6) is -1.02. The van der Waals surface area contributed by atoms with E-state index in [1.165, 1.54) is 83.5 Å². The highest BCUT2D eigenvalue weighted by molar-refractivity contribution is 5.77. The van der Waals surface area contributed by atoms with Gasteiger partial charge in [-0.3, -0.25) is 4.79 Å². The molecule has 1 aromatic carbocycles. The van der Waals surface area contributed by atoms with Gasteiger partial charge in [-0.25, -0.2) is 0 Å². The molecular weight excluding hydrogens is 356 g/mol. The smallest absolute Gasteiger partial charge is 0.310 e. The summed E-state index contributed by atoms with van der Waals surface area (Å²) in [5.41, 5.74) is 3.25. The topological polar surface area (TPSA) is 37.3 Å². The zero-order chi connectivity index (χ0) is 21.3. The molecule has 0 aliphatic rings. The first-order valence-electron chi connectivity index (χ1n) is 12.4. The minimum Gasteiger partial charge on any atom is -0.481 e. The quantitative estimate of drug-likeness (QED) is 0.249. The third kappa shape index (κ3) is 11.5. The largest absolute Gasteiger partial charge is 0.481 e. The molecule has 1 unspecified atom stereocenters. The van der Waals surface area contributed by atoms with Gasteiger partial charge in [0.2, 0.25) is 0 Å². The first-order chi connectivity index (χ1) is 14.1. The maximum absolute atomic E-state index is 11.8. The van der Waals surface area contributed by atoms with Gasteiger partial charge in [-0.2, -0.15) is 0 Å². The van der Waals surface area contributed by atoms with Crippen molar-refractivity contribution >= 4 is 5.97 Å². The Morgan fingerprint density at radius 2 is 1.10 bits per heavy atom. The average molecular weight is 403 g/mol. The van der Waals surface area contributed by atoms with E-state index in [0.29, 0.717) is 0 Å². The lowest BCUT2D eigenvalue weighted by molar-refractivity contribution is -0.139. The standard InChI is InChI=1S/C27H46O2/c1-4-5-6-7-8-9-10-11-12-13-14-15-16-17-18-22-25(27(28)29)26-23(2)20-19-21-24(26)3/h19-21,25H,4-18,22H2,1-3H3,(H,28,29). The molecule has 2 heteroatoms. The molecule has 0 spiro atoms. The minimum absolute atomic E-state index is 0.349. The number of hydrogen-bond donors (Lipinski definition) is 1. The number of unbranched alkanes of at least 4 members (excludes halogenated alkanes) is 14. The zero-order valence-corrected chi connectivity index (χ0v) is 19.5. The van der Waals surface area contributed by atoms with Gasteiger partial charge in [-0.1, -0.05) is 121 Å². The van der Waals surface area contributed by atoms with Gasteiger partial charge >= 0.3 is 5.97 Å². The number of rotatable bonds is 18. The third-order valence-electron chi connectivity index (χ3n) is 6.29. The number of carboxylic acid groups (broad SMARTS) is 1. The molecule has 0 aliphatic carbocycles. The molecule has 0 heterocycles. The lowest BCUT2D eigenvalue weighted by Gasteiger charge is -2.18. The van der Waals surface area contributed by atoms with Crippen LogP contribution in [0.2, 0.25) is 0 Å². The number of benzene rings is 1. The molecule has 29 heavy (non-hydrogen) atoms. The number of hydrogen-bond acceptors (Lipinski definition) is 1. The number of carboxylic acids is 1. The van der Waals surface area contributed by atoms with Crippen molar-refractivity contribution in [3.8, 4) is 0 Å². The molecule has 0 fully saturated rings. The summed E-state index contributed by atoms with van der Waals surface area (Å²) in [4.78, 5) is 11.8. The maximum Gasteiger partial charge on any atom is 0.310 e. The van der Waals surface area contributed by atoms with Gasteiger partial charge in [0.1, 0.15) is 0 Å². The van der Waals surface area contributed by atoms with Crippen LogP contribution in [-0.4, -0.2) is 11.1 Å². The molecule has 0 radical (unpaired) electrons. The second kappa shape index (κ2) is 16.5. The molecule has 0 saturated carbocycles. The van der Waals surface area contributed by atoms with Crippen molar-refractivity contribution in [2.24, 2.45) is 0 Å². The van der Waals surface area contributed by atoms with Crippen LogP contribution in [0.15, 0.2) is 18.2 Å². The molecule has 0 amide bonds. The fourth-order valence-electron chi connectivity index (χ4n) is 4.49. The molecule has 1 rings (SSSR count). The molecular formula is C27H46O2. The second-order valence-electron chi connectivity index (χ2n) is 8.93. The molecule has 0 aromatic heterocycles. The van der Waals surface area contributed by atoms with Crippen LogP contribution < -0.4 is 0 Å². The van der Waals surface area contributed by atoms with Crippen LogP contribution in [-0.2, 0) is 4.79 Å². The van der Waals surface area contributed by atoms with Crippen molar-refractivity contribution < 1.29 is 9.90 Å². The van der Waals surface area contributed by atoms with E-state index >= 15 is 0 Å². The summed E-state index contributed by atoms with van der Waals surface area (Å²) in [5, 5.41) is 9.69. The van der Waals surface area contributed by atoms with E-state index in [-0.39, 0.29) is 5.92 Å². The van der Waals surface area contributed by atoms with Gasteiger partial charge in [-0.15, -0.1) is 0 Å². The van der Waals surface area contributed by atoms with Crippen LogP contribution in [0, 0.1) is 13.8 Å². The molecule has 0 bridgehead atoms.